The molecule has 0 aromatic heterocycles. The van der Waals surface area contributed by atoms with Crippen LogP contribution < -0.4 is 0 Å². The number of aliphatic hydroxyl groups excluding tert-OH is 1. The van der Waals surface area contributed by atoms with Gasteiger partial charge in [0.25, 0.3) is 0 Å². The zero-order chi connectivity index (χ0) is 13.0. The van der Waals surface area contributed by atoms with Gasteiger partial charge in [-0.05, 0) is 73.5 Å². The number of aliphatic hydroxyl groups is 1. The molecule has 0 spiro atoms. The number of hydrogen-bond donors (Lipinski definition) is 1. The standard InChI is InChI=1S/C18H24O/c1-18-11-10-14-13-5-3-2-4-12(13)6-7-15(14)16(18)8-9-17(18)19/h4,10-11,15-17,19H,2-3,5-9H2,1H3/t15-,16+,17+,18+/m1/s1. The predicted octanol–water partition coefficient (Wildman–Crippen LogP) is 4.15. The second-order valence-corrected chi connectivity index (χ2v) is 7.10. The smallest absolute Gasteiger partial charge is 0.0631 e. The third kappa shape index (κ3) is 1.57. The van der Waals surface area contributed by atoms with Gasteiger partial charge in [-0.25, -0.2) is 0 Å². The van der Waals surface area contributed by atoms with Crippen molar-refractivity contribution in [3.8, 4) is 0 Å². The highest BCUT2D eigenvalue weighted by atomic mass is 16.3. The van der Waals surface area contributed by atoms with E-state index >= 15 is 0 Å². The maximum absolute atomic E-state index is 10.3. The molecule has 0 heterocycles. The maximum atomic E-state index is 10.3. The highest BCUT2D eigenvalue weighted by Gasteiger charge is 2.50. The van der Waals surface area contributed by atoms with Crippen molar-refractivity contribution >= 4 is 0 Å². The highest BCUT2D eigenvalue weighted by Crippen LogP contribution is 2.57. The molecule has 4 aliphatic rings. The molecule has 4 atom stereocenters. The van der Waals surface area contributed by atoms with Crippen LogP contribution in [0.1, 0.15) is 51.9 Å². The summed E-state index contributed by atoms with van der Waals surface area (Å²) in [5.41, 5.74) is 4.99. The van der Waals surface area contributed by atoms with E-state index in [2.05, 4.69) is 25.2 Å². The van der Waals surface area contributed by atoms with Crippen LogP contribution in [0.15, 0.2) is 34.9 Å². The molecule has 1 nitrogen and oxygen atoms in total. The molecule has 19 heavy (non-hydrogen) atoms. The molecule has 102 valence electrons. The van der Waals surface area contributed by atoms with Crippen LogP contribution in [0.2, 0.25) is 0 Å². The van der Waals surface area contributed by atoms with Gasteiger partial charge in [-0.3, -0.25) is 0 Å². The molecule has 0 aromatic rings. The molecule has 0 bridgehead atoms. The molecule has 4 rings (SSSR count). The lowest BCUT2D eigenvalue weighted by molar-refractivity contribution is 0.0586. The minimum Gasteiger partial charge on any atom is -0.392 e. The molecule has 1 saturated carbocycles. The van der Waals surface area contributed by atoms with Crippen LogP contribution in [-0.2, 0) is 0 Å². The van der Waals surface area contributed by atoms with Crippen molar-refractivity contribution in [3.63, 3.8) is 0 Å². The van der Waals surface area contributed by atoms with E-state index in [-0.39, 0.29) is 11.5 Å². The van der Waals surface area contributed by atoms with Crippen LogP contribution in [0.5, 0.6) is 0 Å². The molecule has 1 heteroatoms. The molecule has 0 aromatic carbocycles. The Bertz CT molecular complexity index is 496. The first kappa shape index (κ1) is 12.0. The van der Waals surface area contributed by atoms with Gasteiger partial charge in [-0.2, -0.15) is 0 Å². The summed E-state index contributed by atoms with van der Waals surface area (Å²) >= 11 is 0. The first-order chi connectivity index (χ1) is 9.20. The minimum atomic E-state index is -0.122. The van der Waals surface area contributed by atoms with Gasteiger partial charge < -0.3 is 5.11 Å². The lowest BCUT2D eigenvalue weighted by atomic mass is 9.60. The Balaban J connectivity index is 1.82. The third-order valence-electron chi connectivity index (χ3n) is 6.26. The van der Waals surface area contributed by atoms with Crippen LogP contribution in [0.4, 0.5) is 0 Å². The lowest BCUT2D eigenvalue weighted by Crippen LogP contribution is -2.38. The predicted molar refractivity (Wildman–Crippen MR) is 77.7 cm³/mol. The van der Waals surface area contributed by atoms with Crippen molar-refractivity contribution in [2.75, 3.05) is 0 Å². The average molecular weight is 256 g/mol. The molecule has 1 fully saturated rings. The summed E-state index contributed by atoms with van der Waals surface area (Å²) < 4.78 is 0. The Morgan fingerprint density at radius 1 is 1.21 bits per heavy atom. The molecule has 0 radical (unpaired) electrons. The van der Waals surface area contributed by atoms with Crippen molar-refractivity contribution in [3.05, 3.63) is 34.9 Å². The summed E-state index contributed by atoms with van der Waals surface area (Å²) in [5, 5.41) is 10.3. The van der Waals surface area contributed by atoms with Gasteiger partial charge in [0, 0.05) is 5.41 Å². The van der Waals surface area contributed by atoms with Crippen molar-refractivity contribution < 1.29 is 5.11 Å². The van der Waals surface area contributed by atoms with Gasteiger partial charge in [0.05, 0.1) is 6.10 Å². The van der Waals surface area contributed by atoms with E-state index in [9.17, 15) is 5.11 Å². The zero-order valence-electron chi connectivity index (χ0n) is 11.9. The molecule has 4 aliphatic carbocycles. The van der Waals surface area contributed by atoms with Crippen molar-refractivity contribution in [1.82, 2.24) is 0 Å². The quantitative estimate of drug-likeness (QED) is 0.690. The molecular formula is C18H24O. The normalized spacial score (nSPS) is 44.5. The minimum absolute atomic E-state index is 0.0462. The van der Waals surface area contributed by atoms with Crippen LogP contribution in [0.3, 0.4) is 0 Å². The number of rotatable bonds is 0. The van der Waals surface area contributed by atoms with Crippen LogP contribution in [-0.4, -0.2) is 11.2 Å². The average Bonchev–Trinajstić information content (AvgIpc) is 2.75. The number of allylic oxidation sites excluding steroid dienone is 5. The van der Waals surface area contributed by atoms with Crippen LogP contribution in [0, 0.1) is 17.3 Å². The molecular weight excluding hydrogens is 232 g/mol. The van der Waals surface area contributed by atoms with Gasteiger partial charge >= 0.3 is 0 Å². The van der Waals surface area contributed by atoms with Gasteiger partial charge in [0.1, 0.15) is 0 Å². The summed E-state index contributed by atoms with van der Waals surface area (Å²) in [4.78, 5) is 0. The first-order valence-electron chi connectivity index (χ1n) is 8.00. The Morgan fingerprint density at radius 2 is 2.11 bits per heavy atom. The fourth-order valence-corrected chi connectivity index (χ4v) is 5.10. The lowest BCUT2D eigenvalue weighted by Gasteiger charge is -2.44. The van der Waals surface area contributed by atoms with Crippen molar-refractivity contribution in [1.29, 1.82) is 0 Å². The van der Waals surface area contributed by atoms with E-state index in [1.54, 1.807) is 16.7 Å². The second-order valence-electron chi connectivity index (χ2n) is 7.10. The fraction of sp³-hybridized carbons (Fsp3) is 0.667. The van der Waals surface area contributed by atoms with Gasteiger partial charge in [0.2, 0.25) is 0 Å². The van der Waals surface area contributed by atoms with Crippen molar-refractivity contribution in [2.24, 2.45) is 17.3 Å². The highest BCUT2D eigenvalue weighted by molar-refractivity contribution is 5.48. The molecule has 0 amide bonds. The van der Waals surface area contributed by atoms with Crippen LogP contribution >= 0.6 is 0 Å². The molecule has 0 unspecified atom stereocenters. The first-order valence-corrected chi connectivity index (χ1v) is 8.00. The largest absolute Gasteiger partial charge is 0.392 e. The van der Waals surface area contributed by atoms with E-state index in [0.717, 1.165) is 12.3 Å². The summed E-state index contributed by atoms with van der Waals surface area (Å²) in [5.74, 6) is 1.40. The summed E-state index contributed by atoms with van der Waals surface area (Å²) in [6, 6.07) is 0. The van der Waals surface area contributed by atoms with Crippen molar-refractivity contribution in [2.45, 2.75) is 58.0 Å². The maximum Gasteiger partial charge on any atom is 0.0631 e. The van der Waals surface area contributed by atoms with E-state index in [1.165, 1.54) is 38.5 Å². The zero-order valence-corrected chi connectivity index (χ0v) is 11.9. The van der Waals surface area contributed by atoms with Gasteiger partial charge in [-0.1, -0.05) is 25.2 Å². The fourth-order valence-electron chi connectivity index (χ4n) is 5.10. The Labute approximate surface area is 116 Å². The Morgan fingerprint density at radius 3 is 3.00 bits per heavy atom. The monoisotopic (exact) mass is 256 g/mol. The van der Waals surface area contributed by atoms with Gasteiger partial charge in [-0.15, -0.1) is 0 Å². The molecule has 1 N–H and O–H groups in total. The number of fused-ring (bicyclic) bond motifs is 4. The van der Waals surface area contributed by atoms with E-state index < -0.39 is 0 Å². The summed E-state index contributed by atoms with van der Waals surface area (Å²) in [6.07, 6.45) is 15.8. The van der Waals surface area contributed by atoms with E-state index in [0.29, 0.717) is 5.92 Å². The molecule has 0 aliphatic heterocycles. The third-order valence-corrected chi connectivity index (χ3v) is 6.26. The molecule has 0 saturated heterocycles. The summed E-state index contributed by atoms with van der Waals surface area (Å²) in [6.45, 7) is 2.28. The van der Waals surface area contributed by atoms with Gasteiger partial charge in [0.15, 0.2) is 0 Å². The number of hydrogen-bond acceptors (Lipinski definition) is 1. The van der Waals surface area contributed by atoms with E-state index in [1.807, 2.05) is 0 Å². The Kier molecular flexibility index (Phi) is 2.57. The Hall–Kier alpha value is -0.820. The second kappa shape index (κ2) is 4.09. The summed E-state index contributed by atoms with van der Waals surface area (Å²) in [7, 11) is 0. The topological polar surface area (TPSA) is 20.2 Å². The van der Waals surface area contributed by atoms with Crippen LogP contribution in [0.25, 0.3) is 0 Å². The SMILES string of the molecule is C[C@]12C=CC3=C4CCCC=C4CC[C@H]3[C@@H]1CC[C@@H]2O. The van der Waals surface area contributed by atoms with E-state index in [4.69, 9.17) is 0 Å².